The molecular formula is C19H21ClF3N3. The second-order valence-corrected chi connectivity index (χ2v) is 6.73. The summed E-state index contributed by atoms with van der Waals surface area (Å²) in [5.41, 5.74) is 0.939. The Hall–Kier alpha value is -1.79. The molecule has 7 heteroatoms. The Morgan fingerprint density at radius 3 is 1.96 bits per heavy atom. The Balaban J connectivity index is 0.00000196. The number of rotatable bonds is 3. The van der Waals surface area contributed by atoms with Crippen molar-refractivity contribution in [3.8, 4) is 11.1 Å². The molecule has 1 saturated heterocycles. The second-order valence-electron chi connectivity index (χ2n) is 6.73. The Bertz CT molecular complexity index is 719. The SMILES string of the molecule is Cl.FC(F)(F)c1ccc(-c2ccc(N3CCN(C4CC4)CC3)nc2)cc1. The molecule has 1 aromatic heterocycles. The Kier molecular flexibility index (Phi) is 5.44. The summed E-state index contributed by atoms with van der Waals surface area (Å²) in [5.74, 6) is 0.936. The van der Waals surface area contributed by atoms with Crippen molar-refractivity contribution in [2.24, 2.45) is 0 Å². The molecule has 2 aliphatic rings. The molecule has 0 bridgehead atoms. The average Bonchev–Trinajstić information content (AvgIpc) is 3.47. The van der Waals surface area contributed by atoms with Crippen molar-refractivity contribution in [2.75, 3.05) is 31.1 Å². The van der Waals surface area contributed by atoms with Gasteiger partial charge >= 0.3 is 6.18 Å². The van der Waals surface area contributed by atoms with E-state index < -0.39 is 11.7 Å². The highest BCUT2D eigenvalue weighted by Gasteiger charge is 2.31. The third-order valence-corrected chi connectivity index (χ3v) is 4.99. The summed E-state index contributed by atoms with van der Waals surface area (Å²) in [6.45, 7) is 4.10. The van der Waals surface area contributed by atoms with E-state index in [9.17, 15) is 13.2 Å². The van der Waals surface area contributed by atoms with Crippen LogP contribution in [0.4, 0.5) is 19.0 Å². The van der Waals surface area contributed by atoms with Crippen molar-refractivity contribution >= 4 is 18.2 Å². The zero-order chi connectivity index (χ0) is 17.4. The number of hydrogen-bond donors (Lipinski definition) is 0. The van der Waals surface area contributed by atoms with Gasteiger partial charge in [-0.15, -0.1) is 12.4 Å². The first-order chi connectivity index (χ1) is 12.0. The number of nitrogens with zero attached hydrogens (tertiary/aromatic N) is 3. The van der Waals surface area contributed by atoms with E-state index in [-0.39, 0.29) is 12.4 Å². The van der Waals surface area contributed by atoms with Crippen LogP contribution in [0.2, 0.25) is 0 Å². The van der Waals surface area contributed by atoms with Gasteiger partial charge in [0.25, 0.3) is 0 Å². The molecule has 2 fully saturated rings. The molecule has 2 aromatic rings. The summed E-state index contributed by atoms with van der Waals surface area (Å²) in [4.78, 5) is 9.34. The molecule has 1 saturated carbocycles. The summed E-state index contributed by atoms with van der Waals surface area (Å²) in [6, 6.07) is 9.90. The first-order valence-electron chi connectivity index (χ1n) is 8.63. The van der Waals surface area contributed by atoms with Crippen LogP contribution in [0.5, 0.6) is 0 Å². The van der Waals surface area contributed by atoms with Gasteiger partial charge in [-0.25, -0.2) is 4.98 Å². The predicted molar refractivity (Wildman–Crippen MR) is 98.7 cm³/mol. The van der Waals surface area contributed by atoms with Gasteiger partial charge in [0.15, 0.2) is 0 Å². The number of aromatic nitrogens is 1. The highest BCUT2D eigenvalue weighted by molar-refractivity contribution is 5.85. The molecule has 140 valence electrons. The van der Waals surface area contributed by atoms with Gasteiger partial charge in [-0.2, -0.15) is 13.2 Å². The number of halogens is 4. The maximum atomic E-state index is 12.6. The third kappa shape index (κ3) is 4.13. The van der Waals surface area contributed by atoms with Crippen LogP contribution in [0.3, 0.4) is 0 Å². The Morgan fingerprint density at radius 2 is 1.46 bits per heavy atom. The highest BCUT2D eigenvalue weighted by Crippen LogP contribution is 2.31. The van der Waals surface area contributed by atoms with Crippen LogP contribution in [0.25, 0.3) is 11.1 Å². The third-order valence-electron chi connectivity index (χ3n) is 4.99. The van der Waals surface area contributed by atoms with Gasteiger partial charge in [0.05, 0.1) is 5.56 Å². The van der Waals surface area contributed by atoms with Crippen molar-refractivity contribution in [1.29, 1.82) is 0 Å². The fraction of sp³-hybridized carbons (Fsp3) is 0.421. The number of piperazine rings is 1. The summed E-state index contributed by atoms with van der Waals surface area (Å²) in [6.07, 6.45) is 0.106. The Morgan fingerprint density at radius 1 is 0.846 bits per heavy atom. The van der Waals surface area contributed by atoms with E-state index in [1.54, 1.807) is 6.20 Å². The van der Waals surface area contributed by atoms with Crippen molar-refractivity contribution in [3.05, 3.63) is 48.2 Å². The van der Waals surface area contributed by atoms with E-state index in [4.69, 9.17) is 0 Å². The number of hydrogen-bond acceptors (Lipinski definition) is 3. The van der Waals surface area contributed by atoms with E-state index in [0.29, 0.717) is 0 Å². The van der Waals surface area contributed by atoms with E-state index in [2.05, 4.69) is 14.8 Å². The molecule has 1 aromatic carbocycles. The van der Waals surface area contributed by atoms with Crippen LogP contribution in [0, 0.1) is 0 Å². The smallest absolute Gasteiger partial charge is 0.354 e. The van der Waals surface area contributed by atoms with E-state index >= 15 is 0 Å². The van der Waals surface area contributed by atoms with Crippen molar-refractivity contribution in [2.45, 2.75) is 25.1 Å². The monoisotopic (exact) mass is 383 g/mol. The molecule has 2 heterocycles. The van der Waals surface area contributed by atoms with Crippen molar-refractivity contribution in [1.82, 2.24) is 9.88 Å². The van der Waals surface area contributed by atoms with Gasteiger partial charge in [-0.1, -0.05) is 12.1 Å². The lowest BCUT2D eigenvalue weighted by Gasteiger charge is -2.35. The summed E-state index contributed by atoms with van der Waals surface area (Å²) in [7, 11) is 0. The van der Waals surface area contributed by atoms with E-state index in [0.717, 1.165) is 61.3 Å². The first kappa shape index (κ1) is 19.0. The average molecular weight is 384 g/mol. The summed E-state index contributed by atoms with van der Waals surface area (Å²) < 4.78 is 37.9. The minimum Gasteiger partial charge on any atom is -0.354 e. The van der Waals surface area contributed by atoms with Gasteiger partial charge < -0.3 is 4.90 Å². The van der Waals surface area contributed by atoms with Crippen LogP contribution >= 0.6 is 12.4 Å². The van der Waals surface area contributed by atoms with Crippen LogP contribution in [-0.4, -0.2) is 42.1 Å². The lowest BCUT2D eigenvalue weighted by molar-refractivity contribution is -0.137. The molecule has 1 aliphatic carbocycles. The minimum atomic E-state index is -4.30. The van der Waals surface area contributed by atoms with Crippen LogP contribution in [0.15, 0.2) is 42.6 Å². The molecule has 0 radical (unpaired) electrons. The highest BCUT2D eigenvalue weighted by atomic mass is 35.5. The van der Waals surface area contributed by atoms with E-state index in [1.807, 2.05) is 12.1 Å². The van der Waals surface area contributed by atoms with Crippen LogP contribution in [-0.2, 0) is 6.18 Å². The van der Waals surface area contributed by atoms with Gasteiger partial charge in [0, 0.05) is 44.0 Å². The fourth-order valence-corrected chi connectivity index (χ4v) is 3.35. The molecule has 0 atom stereocenters. The van der Waals surface area contributed by atoms with Gasteiger partial charge in [0.1, 0.15) is 5.82 Å². The normalized spacial score (nSPS) is 18.5. The molecule has 26 heavy (non-hydrogen) atoms. The molecule has 0 amide bonds. The fourth-order valence-electron chi connectivity index (χ4n) is 3.35. The maximum absolute atomic E-state index is 12.6. The van der Waals surface area contributed by atoms with Gasteiger partial charge in [-0.3, -0.25) is 4.90 Å². The molecule has 0 unspecified atom stereocenters. The second kappa shape index (κ2) is 7.45. The zero-order valence-corrected chi connectivity index (χ0v) is 15.1. The summed E-state index contributed by atoms with van der Waals surface area (Å²) in [5, 5.41) is 0. The zero-order valence-electron chi connectivity index (χ0n) is 14.2. The number of benzene rings is 1. The van der Waals surface area contributed by atoms with Crippen molar-refractivity contribution < 1.29 is 13.2 Å². The predicted octanol–water partition coefficient (Wildman–Crippen LogP) is 4.47. The van der Waals surface area contributed by atoms with E-state index in [1.165, 1.54) is 25.0 Å². The molecule has 0 spiro atoms. The quantitative estimate of drug-likeness (QED) is 0.779. The molecular weight excluding hydrogens is 363 g/mol. The maximum Gasteiger partial charge on any atom is 0.416 e. The number of alkyl halides is 3. The number of pyridine rings is 1. The van der Waals surface area contributed by atoms with Gasteiger partial charge in [-0.05, 0) is 42.7 Å². The van der Waals surface area contributed by atoms with Crippen LogP contribution < -0.4 is 4.90 Å². The summed E-state index contributed by atoms with van der Waals surface area (Å²) >= 11 is 0. The minimum absolute atomic E-state index is 0. The van der Waals surface area contributed by atoms with Crippen LogP contribution in [0.1, 0.15) is 18.4 Å². The van der Waals surface area contributed by atoms with Gasteiger partial charge in [0.2, 0.25) is 0 Å². The lowest BCUT2D eigenvalue weighted by atomic mass is 10.1. The Labute approximate surface area is 157 Å². The number of anilines is 1. The molecule has 4 rings (SSSR count). The molecule has 1 aliphatic heterocycles. The molecule has 3 nitrogen and oxygen atoms in total. The largest absolute Gasteiger partial charge is 0.416 e. The topological polar surface area (TPSA) is 19.4 Å². The first-order valence-corrected chi connectivity index (χ1v) is 8.63. The lowest BCUT2D eigenvalue weighted by Crippen LogP contribution is -2.47. The standard InChI is InChI=1S/C19H20F3N3.ClH/c20-19(21,22)16-4-1-14(2-5-16)15-3-8-18(23-13-15)25-11-9-24(10-12-25)17-6-7-17;/h1-5,8,13,17H,6-7,9-12H2;1H. The molecule has 0 N–H and O–H groups in total. The van der Waals surface area contributed by atoms with Crippen molar-refractivity contribution in [3.63, 3.8) is 0 Å².